The molecule has 2 amide bonds. The minimum Gasteiger partial charge on any atom is -0.338 e. The fourth-order valence-corrected chi connectivity index (χ4v) is 5.20. The van der Waals surface area contributed by atoms with E-state index in [4.69, 9.17) is 23.2 Å². The van der Waals surface area contributed by atoms with Gasteiger partial charge < -0.3 is 15.6 Å². The third kappa shape index (κ3) is 5.42. The Morgan fingerprint density at radius 3 is 2.19 bits per heavy atom. The minimum absolute atomic E-state index is 0.0912. The van der Waals surface area contributed by atoms with Crippen LogP contribution in [0.2, 0.25) is 22.7 Å². The average molecular weight is 519 g/mol. The summed E-state index contributed by atoms with van der Waals surface area (Å²) in [5.41, 5.74) is 4.13. The van der Waals surface area contributed by atoms with E-state index in [9.17, 15) is 9.59 Å². The van der Waals surface area contributed by atoms with E-state index in [1.807, 2.05) is 30.3 Å². The second-order valence-electron chi connectivity index (χ2n) is 9.12. The second kappa shape index (κ2) is 10.8. The predicted molar refractivity (Wildman–Crippen MR) is 149 cm³/mol. The molecule has 0 unspecified atom stereocenters. The number of carbonyl (C=O) groups excluding carboxylic acids is 2. The summed E-state index contributed by atoms with van der Waals surface area (Å²) < 4.78 is 0. The number of benzene rings is 3. The highest BCUT2D eigenvalue weighted by Gasteiger charge is 2.24. The van der Waals surface area contributed by atoms with E-state index in [-0.39, 0.29) is 24.0 Å². The number of nitrogens with zero attached hydrogens (tertiary/aromatic N) is 1. The van der Waals surface area contributed by atoms with Gasteiger partial charge in [0.15, 0.2) is 5.81 Å². The number of aromatic nitrogens is 2. The number of carbonyl (C=O) groups is 2. The summed E-state index contributed by atoms with van der Waals surface area (Å²) in [4.78, 5) is 33.4. The molecule has 0 radical (unpaired) electrons. The maximum absolute atomic E-state index is 12.7. The molecular weight excluding hydrogens is 494 g/mol. The van der Waals surface area contributed by atoms with Gasteiger partial charge in [0.1, 0.15) is 5.82 Å². The monoisotopic (exact) mass is 518 g/mol. The van der Waals surface area contributed by atoms with E-state index < -0.39 is 0 Å². The number of fused-ring (bicyclic) bond motifs is 1. The van der Waals surface area contributed by atoms with Crippen LogP contribution in [-0.4, -0.2) is 28.4 Å². The lowest BCUT2D eigenvalue weighted by atomic mass is 9.44. The quantitative estimate of drug-likeness (QED) is 0.234. The first-order valence-corrected chi connectivity index (χ1v) is 12.9. The Hall–Kier alpha value is -3.29. The van der Waals surface area contributed by atoms with Crippen LogP contribution in [0.25, 0.3) is 22.4 Å². The summed E-state index contributed by atoms with van der Waals surface area (Å²) in [5.74, 6) is 0.427. The van der Waals surface area contributed by atoms with Gasteiger partial charge in [-0.15, -0.1) is 0 Å². The molecule has 3 aromatic carbocycles. The van der Waals surface area contributed by atoms with Gasteiger partial charge in [-0.1, -0.05) is 67.6 Å². The first kappa shape index (κ1) is 24.4. The molecule has 1 aliphatic rings. The topological polar surface area (TPSA) is 86.9 Å². The molecule has 6 nitrogen and oxygen atoms in total. The number of imidazole rings is 1. The molecule has 2 heterocycles. The van der Waals surface area contributed by atoms with Crippen LogP contribution in [0.5, 0.6) is 0 Å². The molecule has 36 heavy (non-hydrogen) atoms. The zero-order valence-electron chi connectivity index (χ0n) is 19.6. The Bertz CT molecular complexity index is 1390. The number of amides is 2. The zero-order chi connectivity index (χ0) is 25.1. The Kier molecular flexibility index (Phi) is 7.30. The lowest BCUT2D eigenvalue weighted by Gasteiger charge is -2.11. The molecule has 4 aromatic rings. The van der Waals surface area contributed by atoms with Gasteiger partial charge in [-0.25, -0.2) is 4.98 Å². The van der Waals surface area contributed by atoms with Crippen molar-refractivity contribution in [3.05, 3.63) is 76.3 Å². The van der Waals surface area contributed by atoms with Crippen molar-refractivity contribution in [2.45, 2.75) is 38.3 Å². The summed E-state index contributed by atoms with van der Waals surface area (Å²) in [6.45, 7) is 0.0912. The van der Waals surface area contributed by atoms with Crippen LogP contribution in [0.4, 0.5) is 16.2 Å². The highest BCUT2D eigenvalue weighted by Crippen LogP contribution is 2.27. The van der Waals surface area contributed by atoms with Crippen LogP contribution in [0, 0.1) is 0 Å². The van der Waals surface area contributed by atoms with Gasteiger partial charge in [-0.3, -0.25) is 9.59 Å². The van der Waals surface area contributed by atoms with Gasteiger partial charge >= 0.3 is 0 Å². The lowest BCUT2D eigenvalue weighted by molar-refractivity contribution is 0.102. The molecule has 0 bridgehead atoms. The summed E-state index contributed by atoms with van der Waals surface area (Å²) in [6.07, 6.45) is 6.61. The smallest absolute Gasteiger partial charge is 0.258 e. The Balaban J connectivity index is 1.28. The van der Waals surface area contributed by atoms with Gasteiger partial charge in [0.25, 0.3) is 12.6 Å². The van der Waals surface area contributed by atoms with Gasteiger partial charge in [-0.2, -0.15) is 0 Å². The number of anilines is 2. The Labute approximate surface area is 219 Å². The molecule has 3 N–H and O–H groups in total. The van der Waals surface area contributed by atoms with Crippen LogP contribution in [0.3, 0.4) is 0 Å². The maximum Gasteiger partial charge on any atom is 0.258 e. The third-order valence-electron chi connectivity index (χ3n) is 6.58. The summed E-state index contributed by atoms with van der Waals surface area (Å²) >= 11 is 12.3. The van der Waals surface area contributed by atoms with Crippen molar-refractivity contribution in [2.24, 2.45) is 0 Å². The van der Waals surface area contributed by atoms with Crippen molar-refractivity contribution in [1.29, 1.82) is 0 Å². The maximum atomic E-state index is 12.7. The third-order valence-corrected chi connectivity index (χ3v) is 7.21. The number of nitrogens with one attached hydrogen (secondary N) is 3. The highest BCUT2D eigenvalue weighted by atomic mass is 35.5. The Morgan fingerprint density at radius 1 is 0.833 bits per heavy atom. The van der Waals surface area contributed by atoms with Crippen molar-refractivity contribution in [3.8, 4) is 11.4 Å². The van der Waals surface area contributed by atoms with Crippen molar-refractivity contribution in [3.63, 3.8) is 0 Å². The van der Waals surface area contributed by atoms with Crippen molar-refractivity contribution in [1.82, 2.24) is 9.97 Å². The standard InChI is InChI=1S/C27H25BCl2N4O2/c29-20-6-5-7-21(30)24(20)26(35)31-18-10-8-17(9-11-18)25-33-22-13-12-19(16-23(22)34-25)32-27(36)28-14-3-1-2-4-15-28/h5-13,16H,1-4,14-15H2,(H,31,35)(H,32,36)(H,33,34). The van der Waals surface area contributed by atoms with Crippen molar-refractivity contribution >= 4 is 64.0 Å². The molecule has 1 aromatic heterocycles. The van der Waals surface area contributed by atoms with Crippen molar-refractivity contribution < 1.29 is 9.59 Å². The molecule has 0 aliphatic carbocycles. The highest BCUT2D eigenvalue weighted by molar-refractivity contribution is 6.91. The first-order valence-electron chi connectivity index (χ1n) is 12.1. The van der Waals surface area contributed by atoms with Crippen molar-refractivity contribution in [2.75, 3.05) is 10.6 Å². The van der Waals surface area contributed by atoms with E-state index in [2.05, 4.69) is 20.6 Å². The number of hydrogen-bond acceptors (Lipinski definition) is 3. The van der Waals surface area contributed by atoms with E-state index in [0.29, 0.717) is 21.6 Å². The van der Waals surface area contributed by atoms with Gasteiger partial charge in [0, 0.05) is 16.9 Å². The van der Waals surface area contributed by atoms with E-state index in [1.165, 1.54) is 12.8 Å². The predicted octanol–water partition coefficient (Wildman–Crippen LogP) is 7.97. The SMILES string of the molecule is O=C(Nc1ccc2nc(-c3ccc(NC(=O)c4c(Cl)cccc4Cl)cc3)[nH]c2c1)B1CCCCCC1. The fraction of sp³-hybridized carbons (Fsp3) is 0.222. The molecule has 9 heteroatoms. The largest absolute Gasteiger partial charge is 0.338 e. The molecule has 0 spiro atoms. The summed E-state index contributed by atoms with van der Waals surface area (Å²) in [7, 11) is 0. The van der Waals surface area contributed by atoms with Crippen LogP contribution < -0.4 is 10.6 Å². The van der Waals surface area contributed by atoms with Gasteiger partial charge in [0.05, 0.1) is 26.6 Å². The van der Waals surface area contributed by atoms with E-state index >= 15 is 0 Å². The fourth-order valence-electron chi connectivity index (χ4n) is 4.63. The number of hydrogen-bond donors (Lipinski definition) is 3. The molecule has 182 valence electrons. The average Bonchev–Trinajstić information content (AvgIpc) is 3.09. The Morgan fingerprint density at radius 2 is 1.50 bits per heavy atom. The first-order chi connectivity index (χ1) is 17.5. The molecule has 0 saturated carbocycles. The van der Waals surface area contributed by atoms with Crippen LogP contribution in [-0.2, 0) is 0 Å². The molecule has 1 fully saturated rings. The minimum atomic E-state index is -0.375. The molecule has 1 aliphatic heterocycles. The zero-order valence-corrected chi connectivity index (χ0v) is 21.1. The summed E-state index contributed by atoms with van der Waals surface area (Å²) in [5, 5.41) is 6.50. The van der Waals surface area contributed by atoms with E-state index in [0.717, 1.165) is 47.8 Å². The molecule has 5 rings (SSSR count). The van der Waals surface area contributed by atoms with E-state index in [1.54, 1.807) is 30.3 Å². The molecular formula is C27H25BCl2N4O2. The normalized spacial score (nSPS) is 13.9. The van der Waals surface area contributed by atoms with Crippen LogP contribution in [0.15, 0.2) is 60.7 Å². The van der Waals surface area contributed by atoms with Crippen LogP contribution in [0.1, 0.15) is 36.0 Å². The molecule has 0 atom stereocenters. The van der Waals surface area contributed by atoms with Gasteiger partial charge in [-0.05, 0) is 54.6 Å². The van der Waals surface area contributed by atoms with Gasteiger partial charge in [0.2, 0.25) is 0 Å². The molecule has 1 saturated heterocycles. The number of H-pyrrole nitrogens is 1. The van der Waals surface area contributed by atoms with Crippen LogP contribution >= 0.6 is 23.2 Å². The second-order valence-corrected chi connectivity index (χ2v) is 9.94. The lowest BCUT2D eigenvalue weighted by Crippen LogP contribution is -2.29. The number of aromatic amines is 1. The summed E-state index contributed by atoms with van der Waals surface area (Å²) in [6, 6.07) is 18.0. The number of halogens is 2. The number of rotatable bonds is 5.